The third-order valence-electron chi connectivity index (χ3n) is 1.99. The lowest BCUT2D eigenvalue weighted by atomic mass is 10.2. The summed E-state index contributed by atoms with van der Waals surface area (Å²) in [7, 11) is 0. The molecule has 0 unspecified atom stereocenters. The summed E-state index contributed by atoms with van der Waals surface area (Å²) in [5, 5.41) is -0.709. The molecule has 1 aromatic heterocycles. The van der Waals surface area contributed by atoms with Crippen LogP contribution >= 0.6 is 0 Å². The summed E-state index contributed by atoms with van der Waals surface area (Å²) in [6, 6.07) is 0.954. The zero-order chi connectivity index (χ0) is 12.8. The Morgan fingerprint density at radius 3 is 2.41 bits per heavy atom. The minimum atomic E-state index is -4.89. The van der Waals surface area contributed by atoms with Gasteiger partial charge in [-0.05, 0) is 0 Å². The Bertz CT molecular complexity index is 646. The van der Waals surface area contributed by atoms with Crippen LogP contribution < -0.4 is 5.56 Å². The monoisotopic (exact) mass is 250 g/mol. The molecular weight excluding hydrogens is 247 g/mol. The molecule has 0 bridgehead atoms. The summed E-state index contributed by atoms with van der Waals surface area (Å²) in [4.78, 5) is 15.6. The maximum atomic E-state index is 13.2. The molecule has 2 aromatic rings. The van der Waals surface area contributed by atoms with Gasteiger partial charge in [0.05, 0.1) is 5.52 Å². The Balaban J connectivity index is 2.87. The number of nitrogens with one attached hydrogen (secondary N) is 1. The van der Waals surface area contributed by atoms with E-state index >= 15 is 0 Å². The van der Waals surface area contributed by atoms with E-state index in [1.165, 1.54) is 4.98 Å². The molecule has 0 spiro atoms. The lowest BCUT2D eigenvalue weighted by Crippen LogP contribution is -2.20. The topological polar surface area (TPSA) is 45.8 Å². The van der Waals surface area contributed by atoms with Gasteiger partial charge in [-0.2, -0.15) is 13.2 Å². The average Bonchev–Trinajstić information content (AvgIpc) is 2.13. The van der Waals surface area contributed by atoms with Crippen molar-refractivity contribution in [2.45, 2.75) is 6.18 Å². The number of hydrogen-bond acceptors (Lipinski definition) is 2. The molecule has 0 aliphatic carbocycles. The fraction of sp³-hybridized carbons (Fsp3) is 0.111. The lowest BCUT2D eigenvalue weighted by molar-refractivity contribution is -0.144. The van der Waals surface area contributed by atoms with E-state index in [1.54, 1.807) is 0 Å². The number of rotatable bonds is 0. The third kappa shape index (κ3) is 1.97. The molecule has 1 N–H and O–H groups in total. The summed E-state index contributed by atoms with van der Waals surface area (Å²) in [6.07, 6.45) is -4.89. The number of H-pyrrole nitrogens is 1. The van der Waals surface area contributed by atoms with Crippen molar-refractivity contribution < 1.29 is 22.0 Å². The van der Waals surface area contributed by atoms with Crippen molar-refractivity contribution in [1.29, 1.82) is 0 Å². The van der Waals surface area contributed by atoms with Gasteiger partial charge in [-0.1, -0.05) is 0 Å². The van der Waals surface area contributed by atoms with E-state index in [0.717, 1.165) is 0 Å². The Hall–Kier alpha value is -1.99. The fourth-order valence-corrected chi connectivity index (χ4v) is 1.33. The van der Waals surface area contributed by atoms with E-state index in [0.29, 0.717) is 12.1 Å². The van der Waals surface area contributed by atoms with Crippen LogP contribution in [0.3, 0.4) is 0 Å². The normalized spacial score (nSPS) is 12.1. The molecule has 1 aromatic carbocycles. The van der Waals surface area contributed by atoms with E-state index in [4.69, 9.17) is 0 Å². The Morgan fingerprint density at radius 2 is 1.82 bits per heavy atom. The van der Waals surface area contributed by atoms with Crippen LogP contribution in [0.5, 0.6) is 0 Å². The zero-order valence-electron chi connectivity index (χ0n) is 7.90. The summed E-state index contributed by atoms with van der Waals surface area (Å²) in [5.41, 5.74) is -1.99. The van der Waals surface area contributed by atoms with E-state index in [9.17, 15) is 26.7 Å². The van der Waals surface area contributed by atoms with Crippen LogP contribution in [0.15, 0.2) is 16.9 Å². The number of benzene rings is 1. The van der Waals surface area contributed by atoms with Gasteiger partial charge in [0.25, 0.3) is 5.56 Å². The maximum Gasteiger partial charge on any atom is 0.449 e. The summed E-state index contributed by atoms with van der Waals surface area (Å²) < 4.78 is 62.8. The molecule has 90 valence electrons. The third-order valence-corrected chi connectivity index (χ3v) is 1.99. The van der Waals surface area contributed by atoms with Crippen molar-refractivity contribution in [1.82, 2.24) is 9.97 Å². The fourth-order valence-electron chi connectivity index (χ4n) is 1.33. The largest absolute Gasteiger partial charge is 0.449 e. The SMILES string of the molecule is O=c1[nH]c(C(F)(F)F)nc2cc(F)cc(F)c12. The molecule has 0 aliphatic rings. The highest BCUT2D eigenvalue weighted by Crippen LogP contribution is 2.26. The Labute approximate surface area is 89.9 Å². The van der Waals surface area contributed by atoms with Gasteiger partial charge >= 0.3 is 6.18 Å². The van der Waals surface area contributed by atoms with Crippen LogP contribution in [0.1, 0.15) is 5.82 Å². The standard InChI is InChI=1S/C9H3F5N2O/c10-3-1-4(11)6-5(2-3)15-8(9(12,13)14)16-7(6)17/h1-2H,(H,15,16,17). The molecule has 0 saturated carbocycles. The molecule has 0 fully saturated rings. The minimum Gasteiger partial charge on any atom is -0.302 e. The first kappa shape index (κ1) is 11.5. The molecule has 8 heteroatoms. The van der Waals surface area contributed by atoms with Crippen molar-refractivity contribution in [2.24, 2.45) is 0 Å². The summed E-state index contributed by atoms with van der Waals surface area (Å²) in [5.74, 6) is -3.97. The first-order valence-corrected chi connectivity index (χ1v) is 4.25. The molecule has 2 rings (SSSR count). The maximum absolute atomic E-state index is 13.2. The van der Waals surface area contributed by atoms with Crippen LogP contribution in [-0.4, -0.2) is 9.97 Å². The highest BCUT2D eigenvalue weighted by atomic mass is 19.4. The van der Waals surface area contributed by atoms with E-state index in [2.05, 4.69) is 4.98 Å². The van der Waals surface area contributed by atoms with Crippen LogP contribution in [-0.2, 0) is 6.18 Å². The first-order chi connectivity index (χ1) is 7.79. The molecule has 0 amide bonds. The van der Waals surface area contributed by atoms with Crippen molar-refractivity contribution in [3.05, 3.63) is 39.9 Å². The molecule has 17 heavy (non-hydrogen) atoms. The molecule has 3 nitrogen and oxygen atoms in total. The van der Waals surface area contributed by atoms with E-state index in [1.807, 2.05) is 0 Å². The highest BCUT2D eigenvalue weighted by Gasteiger charge is 2.34. The summed E-state index contributed by atoms with van der Waals surface area (Å²) in [6.45, 7) is 0. The predicted molar refractivity (Wildman–Crippen MR) is 47.3 cm³/mol. The molecule has 0 radical (unpaired) electrons. The molecule has 0 saturated heterocycles. The smallest absolute Gasteiger partial charge is 0.302 e. The quantitative estimate of drug-likeness (QED) is 0.728. The highest BCUT2D eigenvalue weighted by molar-refractivity contribution is 5.78. The van der Waals surface area contributed by atoms with Gasteiger partial charge in [-0.15, -0.1) is 0 Å². The first-order valence-electron chi connectivity index (χ1n) is 4.25. The van der Waals surface area contributed by atoms with Gasteiger partial charge in [-0.25, -0.2) is 13.8 Å². The summed E-state index contributed by atoms with van der Waals surface area (Å²) >= 11 is 0. The lowest BCUT2D eigenvalue weighted by Gasteiger charge is -2.06. The van der Waals surface area contributed by atoms with Gasteiger partial charge in [-0.3, -0.25) is 4.79 Å². The second kappa shape index (κ2) is 3.51. The number of aromatic amines is 1. The minimum absolute atomic E-state index is 0.395. The number of fused-ring (bicyclic) bond motifs is 1. The van der Waals surface area contributed by atoms with Crippen LogP contribution in [0.4, 0.5) is 22.0 Å². The zero-order valence-corrected chi connectivity index (χ0v) is 7.90. The number of alkyl halides is 3. The predicted octanol–water partition coefficient (Wildman–Crippen LogP) is 2.22. The number of aromatic nitrogens is 2. The average molecular weight is 250 g/mol. The van der Waals surface area contributed by atoms with Crippen molar-refractivity contribution >= 4 is 10.9 Å². The van der Waals surface area contributed by atoms with Gasteiger partial charge in [0.2, 0.25) is 5.82 Å². The van der Waals surface area contributed by atoms with Gasteiger partial charge in [0.1, 0.15) is 17.0 Å². The number of nitrogens with zero attached hydrogens (tertiary/aromatic N) is 1. The molecule has 1 heterocycles. The molecular formula is C9H3F5N2O. The van der Waals surface area contributed by atoms with Crippen molar-refractivity contribution in [2.75, 3.05) is 0 Å². The number of hydrogen-bond donors (Lipinski definition) is 1. The molecule has 0 atom stereocenters. The van der Waals surface area contributed by atoms with Crippen LogP contribution in [0.2, 0.25) is 0 Å². The van der Waals surface area contributed by atoms with Gasteiger partial charge < -0.3 is 4.98 Å². The van der Waals surface area contributed by atoms with Crippen LogP contribution in [0, 0.1) is 11.6 Å². The second-order valence-corrected chi connectivity index (χ2v) is 3.19. The number of halogens is 5. The molecule has 0 aliphatic heterocycles. The van der Waals surface area contributed by atoms with E-state index < -0.39 is 40.1 Å². The van der Waals surface area contributed by atoms with Crippen LogP contribution in [0.25, 0.3) is 10.9 Å². The van der Waals surface area contributed by atoms with E-state index in [-0.39, 0.29) is 0 Å². The van der Waals surface area contributed by atoms with Crippen molar-refractivity contribution in [3.8, 4) is 0 Å². The van der Waals surface area contributed by atoms with Crippen molar-refractivity contribution in [3.63, 3.8) is 0 Å². The second-order valence-electron chi connectivity index (χ2n) is 3.19. The Kier molecular flexibility index (Phi) is 2.37. The van der Waals surface area contributed by atoms with Gasteiger partial charge in [0.15, 0.2) is 0 Å². The Morgan fingerprint density at radius 1 is 1.18 bits per heavy atom. The van der Waals surface area contributed by atoms with Gasteiger partial charge in [0, 0.05) is 12.1 Å².